The third-order valence-electron chi connectivity index (χ3n) is 5.42. The monoisotopic (exact) mass is 415 g/mol. The number of piperazine rings is 1. The number of hydrogen-bond donors (Lipinski definition) is 3. The number of phenols is 2. The van der Waals surface area contributed by atoms with Gasteiger partial charge in [0.05, 0.1) is 18.7 Å². The number of carbonyl (C=O) groups excluding carboxylic acids is 2. The second-order valence-electron chi connectivity index (χ2n) is 7.97. The average molecular weight is 416 g/mol. The Balaban J connectivity index is 1.46. The highest BCUT2D eigenvalue weighted by Gasteiger charge is 2.29. The fraction of sp³-hybridized carbons (Fsp3) is 0.429. The van der Waals surface area contributed by atoms with Crippen molar-refractivity contribution in [2.75, 3.05) is 19.6 Å². The smallest absolute Gasteiger partial charge is 0.258 e. The SMILES string of the molecule is CC(C)c1cc(C(=O)N2Cc3cc(CN4CCNC(=O)C4)sc3C2)c(O)cc1O. The highest BCUT2D eigenvalue weighted by molar-refractivity contribution is 7.12. The minimum absolute atomic E-state index is 0.00520. The van der Waals surface area contributed by atoms with E-state index in [1.54, 1.807) is 22.3 Å². The maximum absolute atomic E-state index is 13.0. The molecule has 0 radical (unpaired) electrons. The number of carbonyl (C=O) groups is 2. The number of phenolic OH excluding ortho intramolecular Hbond substituents is 2. The lowest BCUT2D eigenvalue weighted by Crippen LogP contribution is -2.46. The van der Waals surface area contributed by atoms with E-state index in [4.69, 9.17) is 0 Å². The van der Waals surface area contributed by atoms with Crippen LogP contribution >= 0.6 is 11.3 Å². The quantitative estimate of drug-likeness (QED) is 0.713. The van der Waals surface area contributed by atoms with Crippen LogP contribution in [0.15, 0.2) is 18.2 Å². The molecule has 8 heteroatoms. The van der Waals surface area contributed by atoms with Gasteiger partial charge in [0.25, 0.3) is 5.91 Å². The lowest BCUT2D eigenvalue weighted by molar-refractivity contribution is -0.124. The number of benzene rings is 1. The number of amides is 2. The molecule has 0 spiro atoms. The molecule has 2 aliphatic heterocycles. The number of thiophene rings is 1. The predicted octanol–water partition coefficient (Wildman–Crippen LogP) is 2.37. The van der Waals surface area contributed by atoms with Crippen LogP contribution in [0.4, 0.5) is 0 Å². The fourth-order valence-corrected chi connectivity index (χ4v) is 5.14. The molecule has 0 saturated carbocycles. The van der Waals surface area contributed by atoms with E-state index in [2.05, 4.69) is 16.3 Å². The van der Waals surface area contributed by atoms with Gasteiger partial charge < -0.3 is 20.4 Å². The highest BCUT2D eigenvalue weighted by atomic mass is 32.1. The molecule has 0 aliphatic carbocycles. The molecule has 1 aromatic heterocycles. The maximum atomic E-state index is 13.0. The Morgan fingerprint density at radius 3 is 2.66 bits per heavy atom. The molecule has 1 fully saturated rings. The minimum Gasteiger partial charge on any atom is -0.508 e. The molecule has 2 aromatic rings. The number of aromatic hydroxyl groups is 2. The van der Waals surface area contributed by atoms with E-state index in [0.29, 0.717) is 31.7 Å². The van der Waals surface area contributed by atoms with Crippen LogP contribution in [0.1, 0.15) is 51.0 Å². The Morgan fingerprint density at radius 1 is 1.17 bits per heavy atom. The van der Waals surface area contributed by atoms with Crippen molar-refractivity contribution in [3.63, 3.8) is 0 Å². The van der Waals surface area contributed by atoms with Crippen LogP contribution in [0.5, 0.6) is 11.5 Å². The van der Waals surface area contributed by atoms with Gasteiger partial charge in [-0.1, -0.05) is 13.8 Å². The third-order valence-corrected chi connectivity index (χ3v) is 6.57. The van der Waals surface area contributed by atoms with Crippen LogP contribution < -0.4 is 5.32 Å². The summed E-state index contributed by atoms with van der Waals surface area (Å²) in [5.41, 5.74) is 2.00. The summed E-state index contributed by atoms with van der Waals surface area (Å²) < 4.78 is 0. The van der Waals surface area contributed by atoms with E-state index in [-0.39, 0.29) is 34.8 Å². The van der Waals surface area contributed by atoms with Gasteiger partial charge in [-0.25, -0.2) is 0 Å². The minimum atomic E-state index is -0.234. The van der Waals surface area contributed by atoms with Crippen LogP contribution in [0.3, 0.4) is 0 Å². The molecule has 1 saturated heterocycles. The summed E-state index contributed by atoms with van der Waals surface area (Å²) in [5.74, 6) is -0.322. The fourth-order valence-electron chi connectivity index (χ4n) is 3.90. The van der Waals surface area contributed by atoms with Crippen LogP contribution in [0, 0.1) is 0 Å². The van der Waals surface area contributed by atoms with Gasteiger partial charge in [-0.3, -0.25) is 14.5 Å². The molecule has 7 nitrogen and oxygen atoms in total. The summed E-state index contributed by atoms with van der Waals surface area (Å²) in [5, 5.41) is 23.0. The second-order valence-corrected chi connectivity index (χ2v) is 9.19. The third kappa shape index (κ3) is 3.95. The zero-order valence-corrected chi connectivity index (χ0v) is 17.4. The summed E-state index contributed by atoms with van der Waals surface area (Å²) in [6, 6.07) is 4.97. The van der Waals surface area contributed by atoms with Crippen LogP contribution in [-0.4, -0.2) is 51.5 Å². The van der Waals surface area contributed by atoms with Gasteiger partial charge in [-0.15, -0.1) is 11.3 Å². The van der Waals surface area contributed by atoms with Gasteiger partial charge in [0.1, 0.15) is 11.5 Å². The van der Waals surface area contributed by atoms with E-state index in [1.165, 1.54) is 10.9 Å². The molecule has 0 bridgehead atoms. The molecule has 154 valence electrons. The Hall–Kier alpha value is -2.58. The van der Waals surface area contributed by atoms with Crippen molar-refractivity contribution in [2.45, 2.75) is 39.4 Å². The van der Waals surface area contributed by atoms with E-state index < -0.39 is 0 Å². The first-order chi connectivity index (χ1) is 13.8. The number of nitrogens with one attached hydrogen (secondary N) is 1. The molecule has 3 heterocycles. The van der Waals surface area contributed by atoms with Gasteiger partial charge in [0.15, 0.2) is 0 Å². The second kappa shape index (κ2) is 7.68. The summed E-state index contributed by atoms with van der Waals surface area (Å²) in [6.07, 6.45) is 0. The molecule has 1 aromatic carbocycles. The zero-order chi connectivity index (χ0) is 20.7. The number of hydrogen-bond acceptors (Lipinski definition) is 6. The molecule has 2 aliphatic rings. The Bertz CT molecular complexity index is 946. The highest BCUT2D eigenvalue weighted by Crippen LogP contribution is 2.36. The van der Waals surface area contributed by atoms with Crippen molar-refractivity contribution in [2.24, 2.45) is 0 Å². The van der Waals surface area contributed by atoms with Gasteiger partial charge >= 0.3 is 0 Å². The Labute approximate surface area is 173 Å². The van der Waals surface area contributed by atoms with E-state index in [9.17, 15) is 19.8 Å². The lowest BCUT2D eigenvalue weighted by atomic mass is 9.98. The van der Waals surface area contributed by atoms with Gasteiger partial charge in [0, 0.05) is 42.0 Å². The molecule has 0 atom stereocenters. The van der Waals surface area contributed by atoms with Gasteiger partial charge in [-0.05, 0) is 29.2 Å². The zero-order valence-electron chi connectivity index (χ0n) is 16.6. The summed E-state index contributed by atoms with van der Waals surface area (Å²) in [7, 11) is 0. The number of fused-ring (bicyclic) bond motifs is 1. The predicted molar refractivity (Wildman–Crippen MR) is 110 cm³/mol. The molecule has 4 rings (SSSR count). The van der Waals surface area contributed by atoms with E-state index in [1.807, 2.05) is 13.8 Å². The van der Waals surface area contributed by atoms with Crippen LogP contribution in [-0.2, 0) is 24.4 Å². The summed E-state index contributed by atoms with van der Waals surface area (Å²) >= 11 is 1.68. The first-order valence-corrected chi connectivity index (χ1v) is 10.6. The van der Waals surface area contributed by atoms with Gasteiger partial charge in [0.2, 0.25) is 5.91 Å². The molecule has 29 heavy (non-hydrogen) atoms. The van der Waals surface area contributed by atoms with Crippen molar-refractivity contribution in [1.29, 1.82) is 0 Å². The van der Waals surface area contributed by atoms with Crippen molar-refractivity contribution in [1.82, 2.24) is 15.1 Å². The van der Waals surface area contributed by atoms with Crippen molar-refractivity contribution >= 4 is 23.2 Å². The number of nitrogens with zero attached hydrogens (tertiary/aromatic N) is 2. The standard InChI is InChI=1S/C21H25N3O4S/c1-12(2)15-6-16(18(26)7-17(15)25)21(28)24-8-13-5-14(29-19(13)10-24)9-23-4-3-22-20(27)11-23/h5-7,12,25-26H,3-4,8-11H2,1-2H3,(H,22,27). The first kappa shape index (κ1) is 19.7. The Kier molecular flexibility index (Phi) is 5.23. The van der Waals surface area contributed by atoms with Crippen molar-refractivity contribution in [3.05, 3.63) is 44.6 Å². The van der Waals surface area contributed by atoms with Gasteiger partial charge in [-0.2, -0.15) is 0 Å². The lowest BCUT2D eigenvalue weighted by Gasteiger charge is -2.25. The first-order valence-electron chi connectivity index (χ1n) is 9.76. The average Bonchev–Trinajstić information content (AvgIpc) is 3.19. The number of rotatable bonds is 4. The normalized spacial score (nSPS) is 16.9. The van der Waals surface area contributed by atoms with E-state index in [0.717, 1.165) is 23.5 Å². The molecular formula is C21H25N3O4S. The molecule has 2 amide bonds. The summed E-state index contributed by atoms with van der Waals surface area (Å²) in [6.45, 7) is 7.57. The molecule has 3 N–H and O–H groups in total. The molecule has 0 unspecified atom stereocenters. The summed E-state index contributed by atoms with van der Waals surface area (Å²) in [4.78, 5) is 30.7. The van der Waals surface area contributed by atoms with E-state index >= 15 is 0 Å². The van der Waals surface area contributed by atoms with Crippen molar-refractivity contribution in [3.8, 4) is 11.5 Å². The van der Waals surface area contributed by atoms with Crippen molar-refractivity contribution < 1.29 is 19.8 Å². The van der Waals surface area contributed by atoms with Crippen LogP contribution in [0.2, 0.25) is 0 Å². The topological polar surface area (TPSA) is 93.1 Å². The van der Waals surface area contributed by atoms with Crippen LogP contribution in [0.25, 0.3) is 0 Å². The largest absolute Gasteiger partial charge is 0.508 e. The Morgan fingerprint density at radius 2 is 1.97 bits per heavy atom. The molecular weight excluding hydrogens is 390 g/mol. The maximum Gasteiger partial charge on any atom is 0.258 e.